The Labute approximate surface area is 422 Å². The molecule has 0 aromatic heterocycles. The van der Waals surface area contributed by atoms with Crippen molar-refractivity contribution in [1.29, 1.82) is 0 Å². The molecule has 0 bridgehead atoms. The third-order valence-corrected chi connectivity index (χ3v) is 10.3. The van der Waals surface area contributed by atoms with Gasteiger partial charge in [-0.25, -0.2) is 0 Å². The number of hydrogen-bond donors (Lipinski definition) is 0. The second-order valence-electron chi connectivity index (χ2n) is 16.8. The number of rotatable bonds is 45. The van der Waals surface area contributed by atoms with Gasteiger partial charge < -0.3 is 14.2 Å². The highest BCUT2D eigenvalue weighted by Crippen LogP contribution is 2.13. The minimum atomic E-state index is -0.850. The van der Waals surface area contributed by atoms with Crippen LogP contribution in [0.25, 0.3) is 0 Å². The molecule has 0 amide bonds. The van der Waals surface area contributed by atoms with Crippen LogP contribution in [0, 0.1) is 0 Å². The van der Waals surface area contributed by atoms with Crippen molar-refractivity contribution in [1.82, 2.24) is 0 Å². The molecule has 6 nitrogen and oxygen atoms in total. The fourth-order valence-corrected chi connectivity index (χ4v) is 6.45. The van der Waals surface area contributed by atoms with Crippen molar-refractivity contribution in [3.63, 3.8) is 0 Å². The molecule has 6 heteroatoms. The van der Waals surface area contributed by atoms with Crippen molar-refractivity contribution in [2.75, 3.05) is 13.2 Å². The number of esters is 3. The van der Waals surface area contributed by atoms with E-state index in [0.29, 0.717) is 12.8 Å². The van der Waals surface area contributed by atoms with Gasteiger partial charge in [0.25, 0.3) is 0 Å². The lowest BCUT2D eigenvalue weighted by molar-refractivity contribution is -0.166. The predicted molar refractivity (Wildman–Crippen MR) is 297 cm³/mol. The van der Waals surface area contributed by atoms with Crippen molar-refractivity contribution in [2.24, 2.45) is 0 Å². The Morgan fingerprint density at radius 3 is 1.10 bits per heavy atom. The van der Waals surface area contributed by atoms with Crippen LogP contribution in [0.3, 0.4) is 0 Å². The molecule has 0 aromatic rings. The summed E-state index contributed by atoms with van der Waals surface area (Å²) in [5.41, 5.74) is 0. The van der Waals surface area contributed by atoms with Crippen molar-refractivity contribution < 1.29 is 28.6 Å². The molecule has 69 heavy (non-hydrogen) atoms. The van der Waals surface area contributed by atoms with E-state index in [1.165, 1.54) is 38.5 Å². The summed E-state index contributed by atoms with van der Waals surface area (Å²) in [5.74, 6) is -1.12. The zero-order valence-electron chi connectivity index (χ0n) is 43.5. The Morgan fingerprint density at radius 1 is 0.304 bits per heavy atom. The van der Waals surface area contributed by atoms with Crippen LogP contribution in [0.15, 0.2) is 170 Å². The van der Waals surface area contributed by atoms with E-state index in [9.17, 15) is 14.4 Å². The summed E-state index contributed by atoms with van der Waals surface area (Å²) in [6.07, 6.45) is 82.2. The highest BCUT2D eigenvalue weighted by molar-refractivity contribution is 5.71. The van der Waals surface area contributed by atoms with E-state index >= 15 is 0 Å². The topological polar surface area (TPSA) is 78.9 Å². The molecule has 0 saturated carbocycles. The summed E-state index contributed by atoms with van der Waals surface area (Å²) < 4.78 is 16.7. The van der Waals surface area contributed by atoms with Crippen LogP contribution in [0.5, 0.6) is 0 Å². The van der Waals surface area contributed by atoms with Gasteiger partial charge in [0.1, 0.15) is 13.2 Å². The molecule has 0 aliphatic rings. The first kappa shape index (κ1) is 63.8. The van der Waals surface area contributed by atoms with Crippen molar-refractivity contribution in [3.8, 4) is 0 Å². The third kappa shape index (κ3) is 53.6. The molecule has 0 N–H and O–H groups in total. The van der Waals surface area contributed by atoms with E-state index in [0.717, 1.165) is 96.3 Å². The summed E-state index contributed by atoms with van der Waals surface area (Å²) in [7, 11) is 0. The van der Waals surface area contributed by atoms with Crippen LogP contribution in [0.1, 0.15) is 188 Å². The molecule has 1 unspecified atom stereocenters. The second kappa shape index (κ2) is 55.4. The van der Waals surface area contributed by atoms with Crippen molar-refractivity contribution >= 4 is 17.9 Å². The van der Waals surface area contributed by atoms with Crippen LogP contribution < -0.4 is 0 Å². The molecule has 0 rings (SSSR count). The van der Waals surface area contributed by atoms with Crippen LogP contribution in [-0.4, -0.2) is 37.2 Å². The average Bonchev–Trinajstić information content (AvgIpc) is 3.35. The van der Waals surface area contributed by atoms with E-state index < -0.39 is 6.10 Å². The zero-order chi connectivity index (χ0) is 50.0. The summed E-state index contributed by atoms with van der Waals surface area (Å²) >= 11 is 0. The number of carbonyl (C=O) groups excluding carboxylic acids is 3. The largest absolute Gasteiger partial charge is 0.462 e. The van der Waals surface area contributed by atoms with Gasteiger partial charge in [0.05, 0.1) is 0 Å². The molecule has 382 valence electrons. The normalized spacial score (nSPS) is 13.5. The molecule has 0 fully saturated rings. The molecular formula is C63H94O6. The van der Waals surface area contributed by atoms with Gasteiger partial charge >= 0.3 is 17.9 Å². The standard InChI is InChI=1S/C63H94O6/c1-4-7-10-13-16-19-22-25-27-29-31-33-35-38-41-44-47-50-53-56-62(65)68-59-60(58-67-61(64)55-52-49-46-43-40-37-24-21-18-15-12-9-6-3)69-63(66)57-54-51-48-45-42-39-36-34-32-30-28-26-23-20-17-14-11-8-5-2/h7-12,15-21,24-28,31,33,37-38,40-41,43,46-47,50,60H,4-6,13-14,22-23,29-30,32,34-36,39,42,44-45,48-49,51-59H2,1-3H3/b10-7+,11-8+,12-9+,18-15+,19-16+,20-17+,24-21+,27-25+,28-26+,33-31+,40-37+,41-38+,46-43+,50-47+. The lowest BCUT2D eigenvalue weighted by Crippen LogP contribution is -2.30. The van der Waals surface area contributed by atoms with Crippen LogP contribution in [0.4, 0.5) is 0 Å². The maximum absolute atomic E-state index is 12.8. The molecule has 0 radical (unpaired) electrons. The monoisotopic (exact) mass is 947 g/mol. The number of unbranched alkanes of at least 4 members (excludes halogenated alkanes) is 10. The van der Waals surface area contributed by atoms with E-state index in [1.807, 2.05) is 66.8 Å². The first-order valence-electron chi connectivity index (χ1n) is 26.7. The van der Waals surface area contributed by atoms with Gasteiger partial charge in [-0.05, 0) is 103 Å². The van der Waals surface area contributed by atoms with Gasteiger partial charge in [-0.1, -0.05) is 236 Å². The molecule has 0 saturated heterocycles. The number of hydrogen-bond acceptors (Lipinski definition) is 6. The highest BCUT2D eigenvalue weighted by Gasteiger charge is 2.19. The second-order valence-corrected chi connectivity index (χ2v) is 16.8. The quantitative estimate of drug-likeness (QED) is 0.0199. The summed E-state index contributed by atoms with van der Waals surface area (Å²) in [6.45, 7) is 6.11. The third-order valence-electron chi connectivity index (χ3n) is 10.3. The van der Waals surface area contributed by atoms with Crippen molar-refractivity contribution in [2.45, 2.75) is 194 Å². The Balaban J connectivity index is 4.61. The minimum Gasteiger partial charge on any atom is -0.462 e. The fourth-order valence-electron chi connectivity index (χ4n) is 6.45. The van der Waals surface area contributed by atoms with Crippen LogP contribution in [0.2, 0.25) is 0 Å². The maximum Gasteiger partial charge on any atom is 0.306 e. The summed E-state index contributed by atoms with van der Waals surface area (Å²) in [5, 5.41) is 0. The smallest absolute Gasteiger partial charge is 0.306 e. The minimum absolute atomic E-state index is 0.149. The van der Waals surface area contributed by atoms with Gasteiger partial charge in [-0.15, -0.1) is 0 Å². The van der Waals surface area contributed by atoms with E-state index in [4.69, 9.17) is 14.2 Å². The Kier molecular flexibility index (Phi) is 51.2. The molecule has 0 aliphatic carbocycles. The SMILES string of the molecule is CC/C=C/C=C/C=C/C=C/C=C/CCCC(=O)OCC(COC(=O)CC/C=C/C/C=C/C/C=C/C/C=C/C/C=C/C/C=C/CC)OC(=O)CCCCCCCCCCC/C=C/C/C=C/C/C=C/CC. The number of allylic oxidation sites excluding steroid dienone is 28. The lowest BCUT2D eigenvalue weighted by Gasteiger charge is -2.18. The Hall–Kier alpha value is -5.23. The van der Waals surface area contributed by atoms with Gasteiger partial charge in [-0.2, -0.15) is 0 Å². The molecule has 0 spiro atoms. The van der Waals surface area contributed by atoms with E-state index in [-0.39, 0.29) is 50.4 Å². The summed E-state index contributed by atoms with van der Waals surface area (Å²) in [4.78, 5) is 38.0. The van der Waals surface area contributed by atoms with Gasteiger partial charge in [0, 0.05) is 19.3 Å². The zero-order valence-corrected chi connectivity index (χ0v) is 43.5. The molecule has 1 atom stereocenters. The van der Waals surface area contributed by atoms with Crippen LogP contribution in [-0.2, 0) is 28.6 Å². The Bertz CT molecular complexity index is 1650. The number of ether oxygens (including phenoxy) is 3. The molecule has 0 aromatic carbocycles. The first-order valence-corrected chi connectivity index (χ1v) is 26.7. The highest BCUT2D eigenvalue weighted by atomic mass is 16.6. The van der Waals surface area contributed by atoms with Gasteiger partial charge in [0.2, 0.25) is 0 Å². The van der Waals surface area contributed by atoms with Gasteiger partial charge in [-0.3, -0.25) is 14.4 Å². The van der Waals surface area contributed by atoms with E-state index in [2.05, 4.69) is 124 Å². The molecule has 0 aliphatic heterocycles. The number of carbonyl (C=O) groups is 3. The van der Waals surface area contributed by atoms with Crippen molar-refractivity contribution in [3.05, 3.63) is 170 Å². The average molecular weight is 947 g/mol. The van der Waals surface area contributed by atoms with Gasteiger partial charge in [0.15, 0.2) is 6.10 Å². The predicted octanol–water partition coefficient (Wildman–Crippen LogP) is 18.0. The summed E-state index contributed by atoms with van der Waals surface area (Å²) in [6, 6.07) is 0. The lowest BCUT2D eigenvalue weighted by atomic mass is 10.1. The fraction of sp³-hybridized carbons (Fsp3) is 0.508. The maximum atomic E-state index is 12.8. The molecule has 0 heterocycles. The molecular weight excluding hydrogens is 853 g/mol. The first-order chi connectivity index (χ1) is 34.0. The van der Waals surface area contributed by atoms with E-state index in [1.54, 1.807) is 0 Å². The van der Waals surface area contributed by atoms with Crippen LogP contribution >= 0.6 is 0 Å². The Morgan fingerprint density at radius 2 is 0.638 bits per heavy atom.